The summed E-state index contributed by atoms with van der Waals surface area (Å²) in [6, 6.07) is 20.2. The minimum absolute atomic E-state index is 0.0823. The smallest absolute Gasteiger partial charge is 0.408 e. The van der Waals surface area contributed by atoms with Crippen molar-refractivity contribution in [3.05, 3.63) is 60.7 Å². The Balaban J connectivity index is 2.58. The fourth-order valence-corrected chi connectivity index (χ4v) is 9.46. The second kappa shape index (κ2) is 11.5. The fraction of sp³-hybridized carbons (Fsp3) is 0.517. The third kappa shape index (κ3) is 6.82. The van der Waals surface area contributed by atoms with E-state index in [2.05, 4.69) is 45.0 Å². The molecule has 0 saturated heterocycles. The lowest BCUT2D eigenvalue weighted by Gasteiger charge is -2.46. The number of ketones is 1. The molecule has 2 rings (SSSR count). The predicted molar refractivity (Wildman–Crippen MR) is 146 cm³/mol. The largest absolute Gasteiger partial charge is 0.465 e. The maximum Gasteiger partial charge on any atom is 0.408 e. The van der Waals surface area contributed by atoms with Gasteiger partial charge in [-0.3, -0.25) is 9.69 Å². The molecule has 0 aliphatic carbocycles. The molecule has 2 aromatic carbocycles. The summed E-state index contributed by atoms with van der Waals surface area (Å²) in [6.45, 7) is 16.3. The van der Waals surface area contributed by atoms with Crippen LogP contribution in [-0.4, -0.2) is 48.4 Å². The summed E-state index contributed by atoms with van der Waals surface area (Å²) in [4.78, 5) is 26.4. The van der Waals surface area contributed by atoms with Crippen molar-refractivity contribution in [3.63, 3.8) is 0 Å². The van der Waals surface area contributed by atoms with Crippen LogP contribution in [0.5, 0.6) is 0 Å². The molecule has 6 heteroatoms. The first-order chi connectivity index (χ1) is 16.2. The van der Waals surface area contributed by atoms with E-state index < -0.39 is 26.0 Å². The van der Waals surface area contributed by atoms with Crippen LogP contribution in [0.25, 0.3) is 0 Å². The van der Waals surface area contributed by atoms with Crippen molar-refractivity contribution in [2.45, 2.75) is 84.9 Å². The number of carboxylic acid groups (broad SMARTS) is 1. The van der Waals surface area contributed by atoms with Crippen LogP contribution in [0, 0.1) is 5.92 Å². The zero-order chi connectivity index (χ0) is 26.4. The first-order valence-corrected chi connectivity index (χ1v) is 14.4. The summed E-state index contributed by atoms with van der Waals surface area (Å²) in [5.74, 6) is 0.0563. The highest BCUT2D eigenvalue weighted by Crippen LogP contribution is 2.37. The number of carbonyl (C=O) groups is 2. The summed E-state index contributed by atoms with van der Waals surface area (Å²) >= 11 is 0. The average Bonchev–Trinajstić information content (AvgIpc) is 2.76. The van der Waals surface area contributed by atoms with Crippen molar-refractivity contribution in [1.82, 2.24) is 4.90 Å². The van der Waals surface area contributed by atoms with Gasteiger partial charge in [-0.05, 0) is 42.6 Å². The Bertz CT molecular complexity index is 922. The van der Waals surface area contributed by atoms with Crippen molar-refractivity contribution in [2.24, 2.45) is 5.92 Å². The van der Waals surface area contributed by atoms with Gasteiger partial charge in [-0.15, -0.1) is 0 Å². The zero-order valence-corrected chi connectivity index (χ0v) is 23.7. The number of hydrogen-bond donors (Lipinski definition) is 1. The van der Waals surface area contributed by atoms with E-state index in [4.69, 9.17) is 4.43 Å². The molecule has 2 aromatic rings. The SMILES string of the molecule is CC(C)C(=O)CC[C@@H](CO[Si](c1ccccc1)(c1ccccc1)C(C)(C)C)N(C(=O)O)C(C)(C)C. The van der Waals surface area contributed by atoms with Gasteiger partial charge in [-0.25, -0.2) is 4.79 Å². The molecule has 35 heavy (non-hydrogen) atoms. The third-order valence-corrected chi connectivity index (χ3v) is 11.6. The van der Waals surface area contributed by atoms with E-state index >= 15 is 0 Å². The monoisotopic (exact) mass is 497 g/mol. The molecule has 0 aliphatic heterocycles. The number of rotatable bonds is 10. The third-order valence-electron chi connectivity index (χ3n) is 6.57. The number of amides is 1. The first kappa shape index (κ1) is 28.8. The van der Waals surface area contributed by atoms with Gasteiger partial charge in [0.1, 0.15) is 5.78 Å². The maximum atomic E-state index is 12.5. The molecule has 0 bridgehead atoms. The van der Waals surface area contributed by atoms with Crippen LogP contribution in [0.4, 0.5) is 4.79 Å². The molecule has 0 aliphatic rings. The molecule has 192 valence electrons. The highest BCUT2D eigenvalue weighted by molar-refractivity contribution is 6.99. The molecule has 1 amide bonds. The van der Waals surface area contributed by atoms with Crippen LogP contribution in [0.1, 0.15) is 68.2 Å². The maximum absolute atomic E-state index is 12.5. The average molecular weight is 498 g/mol. The second-order valence-electron chi connectivity index (χ2n) is 11.6. The van der Waals surface area contributed by atoms with Gasteiger partial charge in [-0.1, -0.05) is 95.3 Å². The van der Waals surface area contributed by atoms with E-state index in [-0.39, 0.29) is 23.3 Å². The van der Waals surface area contributed by atoms with Crippen molar-refractivity contribution in [1.29, 1.82) is 0 Å². The van der Waals surface area contributed by atoms with Crippen molar-refractivity contribution in [2.75, 3.05) is 6.61 Å². The van der Waals surface area contributed by atoms with Gasteiger partial charge >= 0.3 is 6.09 Å². The minimum Gasteiger partial charge on any atom is -0.465 e. The van der Waals surface area contributed by atoms with Gasteiger partial charge in [0, 0.05) is 17.9 Å². The van der Waals surface area contributed by atoms with Crippen molar-refractivity contribution >= 4 is 30.6 Å². The van der Waals surface area contributed by atoms with E-state index in [9.17, 15) is 14.7 Å². The highest BCUT2D eigenvalue weighted by atomic mass is 28.4. The summed E-state index contributed by atoms with van der Waals surface area (Å²) < 4.78 is 7.07. The number of carbonyl (C=O) groups excluding carboxylic acids is 1. The quantitative estimate of drug-likeness (QED) is 0.427. The lowest BCUT2D eigenvalue weighted by molar-refractivity contribution is -0.122. The lowest BCUT2D eigenvalue weighted by Crippen LogP contribution is -2.67. The first-order valence-electron chi connectivity index (χ1n) is 12.5. The van der Waals surface area contributed by atoms with E-state index in [0.29, 0.717) is 12.8 Å². The number of Topliss-reactive ketones (excluding diaryl/α,β-unsaturated/α-hetero) is 1. The van der Waals surface area contributed by atoms with Crippen LogP contribution >= 0.6 is 0 Å². The van der Waals surface area contributed by atoms with Gasteiger partial charge in [0.25, 0.3) is 8.32 Å². The van der Waals surface area contributed by atoms with Gasteiger partial charge < -0.3 is 9.53 Å². The number of benzene rings is 2. The Morgan fingerprint density at radius 2 is 1.34 bits per heavy atom. The van der Waals surface area contributed by atoms with Crippen LogP contribution in [0.15, 0.2) is 60.7 Å². The minimum atomic E-state index is -2.83. The Morgan fingerprint density at radius 3 is 1.69 bits per heavy atom. The summed E-state index contributed by atoms with van der Waals surface area (Å²) in [7, 11) is -2.83. The number of hydrogen-bond acceptors (Lipinski definition) is 3. The molecule has 0 heterocycles. The van der Waals surface area contributed by atoms with Crippen LogP contribution < -0.4 is 10.4 Å². The number of nitrogens with zero attached hydrogens (tertiary/aromatic N) is 1. The fourth-order valence-electron chi connectivity index (χ4n) is 4.86. The van der Waals surface area contributed by atoms with Crippen molar-refractivity contribution < 1.29 is 19.1 Å². The Labute approximate surface area is 212 Å². The Hall–Kier alpha value is -2.44. The molecule has 0 unspecified atom stereocenters. The van der Waals surface area contributed by atoms with E-state index in [0.717, 1.165) is 10.4 Å². The molecule has 1 atom stereocenters. The molecule has 5 nitrogen and oxygen atoms in total. The Morgan fingerprint density at radius 1 is 0.886 bits per heavy atom. The summed E-state index contributed by atoms with van der Waals surface area (Å²) in [5.41, 5.74) is -0.633. The van der Waals surface area contributed by atoms with Crippen molar-refractivity contribution in [3.8, 4) is 0 Å². The summed E-state index contributed by atoms with van der Waals surface area (Å²) in [5, 5.41) is 12.2. The van der Waals surface area contributed by atoms with Crippen LogP contribution in [0.3, 0.4) is 0 Å². The Kier molecular flexibility index (Phi) is 9.48. The molecular weight excluding hydrogens is 454 g/mol. The molecule has 0 spiro atoms. The van der Waals surface area contributed by atoms with E-state index in [1.807, 2.05) is 71.0 Å². The predicted octanol–water partition coefficient (Wildman–Crippen LogP) is 5.72. The standard InChI is InChI=1S/C29H43NO4Si/c1-22(2)26(31)20-19-23(30(27(32)33)28(3,4)5)21-34-35(29(6,7)8,24-15-11-9-12-16-24)25-17-13-10-14-18-25/h9-18,22-23H,19-21H2,1-8H3,(H,32,33)/t23-/m0/s1. The molecule has 0 aromatic heterocycles. The van der Waals surface area contributed by atoms with Crippen LogP contribution in [0.2, 0.25) is 5.04 Å². The van der Waals surface area contributed by atoms with Gasteiger partial charge in [-0.2, -0.15) is 0 Å². The molecule has 0 radical (unpaired) electrons. The zero-order valence-electron chi connectivity index (χ0n) is 22.7. The molecule has 0 saturated carbocycles. The second-order valence-corrected chi connectivity index (χ2v) is 15.9. The van der Waals surface area contributed by atoms with E-state index in [1.54, 1.807) is 0 Å². The normalized spacial score (nSPS) is 13.5. The van der Waals surface area contributed by atoms with Gasteiger partial charge in [0.15, 0.2) is 0 Å². The topological polar surface area (TPSA) is 66.8 Å². The van der Waals surface area contributed by atoms with Gasteiger partial charge in [0.05, 0.1) is 12.6 Å². The molecular formula is C29H43NO4Si. The van der Waals surface area contributed by atoms with Crippen LogP contribution in [-0.2, 0) is 9.22 Å². The van der Waals surface area contributed by atoms with E-state index in [1.165, 1.54) is 4.90 Å². The molecule has 0 fully saturated rings. The highest BCUT2D eigenvalue weighted by Gasteiger charge is 2.51. The van der Waals surface area contributed by atoms with Gasteiger partial charge in [0.2, 0.25) is 0 Å². The lowest BCUT2D eigenvalue weighted by atomic mass is 9.97. The summed E-state index contributed by atoms with van der Waals surface area (Å²) in [6.07, 6.45) is -0.240. The molecule has 1 N–H and O–H groups in total.